The molecule has 0 amide bonds. The maximum absolute atomic E-state index is 14.1. The number of pyridine rings is 2. The van der Waals surface area contributed by atoms with E-state index in [9.17, 15) is 4.39 Å². The van der Waals surface area contributed by atoms with E-state index in [4.69, 9.17) is 0 Å². The van der Waals surface area contributed by atoms with E-state index in [1.54, 1.807) is 18.5 Å². The van der Waals surface area contributed by atoms with Gasteiger partial charge in [-0.2, -0.15) is 5.10 Å². The van der Waals surface area contributed by atoms with Crippen LogP contribution in [0.1, 0.15) is 17.5 Å². The maximum atomic E-state index is 14.1. The molecule has 0 spiro atoms. The zero-order chi connectivity index (χ0) is 21.7. The lowest BCUT2D eigenvalue weighted by Crippen LogP contribution is -2.20. The fourth-order valence-electron chi connectivity index (χ4n) is 4.47. The van der Waals surface area contributed by atoms with Gasteiger partial charge in [-0.25, -0.2) is 9.37 Å². The molecule has 5 aromatic rings. The molecular formula is C25H21FN6. The van der Waals surface area contributed by atoms with E-state index in [-0.39, 0.29) is 5.82 Å². The van der Waals surface area contributed by atoms with Crippen LogP contribution in [0.15, 0.2) is 55.0 Å². The monoisotopic (exact) mass is 424 g/mol. The highest BCUT2D eigenvalue weighted by Gasteiger charge is 2.16. The predicted molar refractivity (Wildman–Crippen MR) is 125 cm³/mol. The molecule has 0 unspecified atom stereocenters. The largest absolute Gasteiger partial charge is 0.352 e. The van der Waals surface area contributed by atoms with Gasteiger partial charge in [0.2, 0.25) is 0 Å². The van der Waals surface area contributed by atoms with Gasteiger partial charge in [-0.1, -0.05) is 12.1 Å². The zero-order valence-corrected chi connectivity index (χ0v) is 17.5. The molecule has 5 heterocycles. The summed E-state index contributed by atoms with van der Waals surface area (Å²) in [4.78, 5) is 12.4. The standard InChI is InChI=1S/C25H21FN6/c1-14-6-16(8-18(26)7-14)21-12-28-13-23-19(21)10-22(30-23)24-20-9-17(11-29-25(20)32-31-24)15-2-4-27-5-3-15/h2,6-13,27,30H,3-5H2,1H3,(H,29,31,32). The first-order valence-corrected chi connectivity index (χ1v) is 10.6. The van der Waals surface area contributed by atoms with E-state index in [1.807, 2.05) is 19.2 Å². The number of hydrogen-bond acceptors (Lipinski definition) is 4. The first-order chi connectivity index (χ1) is 15.7. The highest BCUT2D eigenvalue weighted by Crippen LogP contribution is 2.34. The minimum Gasteiger partial charge on any atom is -0.352 e. The van der Waals surface area contributed by atoms with Crippen LogP contribution in [0.2, 0.25) is 0 Å². The minimum absolute atomic E-state index is 0.253. The quantitative estimate of drug-likeness (QED) is 0.381. The van der Waals surface area contributed by atoms with Crippen LogP contribution in [0.3, 0.4) is 0 Å². The summed E-state index contributed by atoms with van der Waals surface area (Å²) in [6.07, 6.45) is 8.66. The second kappa shape index (κ2) is 7.39. The molecule has 0 saturated heterocycles. The van der Waals surface area contributed by atoms with Crippen LogP contribution in [0.4, 0.5) is 4.39 Å². The molecule has 0 bridgehead atoms. The Morgan fingerprint density at radius 2 is 1.91 bits per heavy atom. The summed E-state index contributed by atoms with van der Waals surface area (Å²) in [6, 6.07) is 9.25. The summed E-state index contributed by atoms with van der Waals surface area (Å²) in [7, 11) is 0. The maximum Gasteiger partial charge on any atom is 0.155 e. The van der Waals surface area contributed by atoms with Crippen molar-refractivity contribution in [3.8, 4) is 22.5 Å². The molecule has 0 radical (unpaired) electrons. The number of H-pyrrole nitrogens is 2. The van der Waals surface area contributed by atoms with Crippen LogP contribution < -0.4 is 5.32 Å². The molecule has 1 aliphatic rings. The lowest BCUT2D eigenvalue weighted by Gasteiger charge is -2.13. The number of hydrogen-bond donors (Lipinski definition) is 3. The molecule has 4 aromatic heterocycles. The van der Waals surface area contributed by atoms with Gasteiger partial charge < -0.3 is 10.3 Å². The molecule has 32 heavy (non-hydrogen) atoms. The Labute approximate surface area is 183 Å². The smallest absolute Gasteiger partial charge is 0.155 e. The molecule has 0 saturated carbocycles. The number of nitrogens with one attached hydrogen (secondary N) is 3. The van der Waals surface area contributed by atoms with Gasteiger partial charge in [0.25, 0.3) is 0 Å². The number of rotatable bonds is 3. The van der Waals surface area contributed by atoms with Gasteiger partial charge in [0, 0.05) is 35.3 Å². The van der Waals surface area contributed by atoms with Crippen molar-refractivity contribution in [1.29, 1.82) is 0 Å². The molecule has 158 valence electrons. The van der Waals surface area contributed by atoms with Gasteiger partial charge in [-0.15, -0.1) is 0 Å². The van der Waals surface area contributed by atoms with Crippen molar-refractivity contribution in [2.45, 2.75) is 13.3 Å². The number of aryl methyl sites for hydroxylation is 1. The third kappa shape index (κ3) is 3.18. The molecule has 0 atom stereocenters. The number of aromatic amines is 2. The molecular weight excluding hydrogens is 403 g/mol. The van der Waals surface area contributed by atoms with Gasteiger partial charge in [0.05, 0.1) is 17.4 Å². The summed E-state index contributed by atoms with van der Waals surface area (Å²) < 4.78 is 14.1. The van der Waals surface area contributed by atoms with Crippen LogP contribution in [-0.4, -0.2) is 38.2 Å². The number of halogens is 1. The molecule has 1 aliphatic heterocycles. The number of aromatic nitrogens is 5. The Hall–Kier alpha value is -3.84. The lowest BCUT2D eigenvalue weighted by molar-refractivity contribution is 0.627. The van der Waals surface area contributed by atoms with Gasteiger partial charge in [-0.3, -0.25) is 10.1 Å². The number of fused-ring (bicyclic) bond motifs is 2. The first kappa shape index (κ1) is 18.9. The average molecular weight is 424 g/mol. The number of nitrogens with zero attached hydrogens (tertiary/aromatic N) is 3. The first-order valence-electron chi connectivity index (χ1n) is 10.6. The van der Waals surface area contributed by atoms with Crippen LogP contribution in [0.5, 0.6) is 0 Å². The SMILES string of the molecule is Cc1cc(F)cc(-c2cncc3[nH]c(-c4n[nH]c5ncc(C6=CCNCC6)cc45)cc23)c1. The molecule has 1 aromatic carbocycles. The van der Waals surface area contributed by atoms with Crippen LogP contribution in [0.25, 0.3) is 50.0 Å². The molecule has 7 heteroatoms. The minimum atomic E-state index is -0.253. The Morgan fingerprint density at radius 3 is 2.75 bits per heavy atom. The van der Waals surface area contributed by atoms with Gasteiger partial charge in [0.1, 0.15) is 11.5 Å². The van der Waals surface area contributed by atoms with E-state index >= 15 is 0 Å². The van der Waals surface area contributed by atoms with Crippen molar-refractivity contribution in [2.75, 3.05) is 13.1 Å². The third-order valence-corrected chi connectivity index (χ3v) is 6.00. The Kier molecular flexibility index (Phi) is 4.36. The van der Waals surface area contributed by atoms with E-state index in [1.165, 1.54) is 11.6 Å². The van der Waals surface area contributed by atoms with Crippen LogP contribution in [0, 0.1) is 12.7 Å². The summed E-state index contributed by atoms with van der Waals surface area (Å²) in [5.74, 6) is -0.253. The Bertz CT molecular complexity index is 1490. The van der Waals surface area contributed by atoms with Crippen molar-refractivity contribution < 1.29 is 4.39 Å². The van der Waals surface area contributed by atoms with Crippen LogP contribution >= 0.6 is 0 Å². The van der Waals surface area contributed by atoms with Crippen molar-refractivity contribution in [3.63, 3.8) is 0 Å². The summed E-state index contributed by atoms with van der Waals surface area (Å²) in [6.45, 7) is 3.74. The van der Waals surface area contributed by atoms with Gasteiger partial charge in [0.15, 0.2) is 5.65 Å². The fourth-order valence-corrected chi connectivity index (χ4v) is 4.47. The summed E-state index contributed by atoms with van der Waals surface area (Å²) in [5.41, 5.74) is 8.28. The highest BCUT2D eigenvalue weighted by molar-refractivity contribution is 6.00. The average Bonchev–Trinajstić information content (AvgIpc) is 3.42. The summed E-state index contributed by atoms with van der Waals surface area (Å²) >= 11 is 0. The molecule has 0 fully saturated rings. The molecule has 0 aliphatic carbocycles. The van der Waals surface area contributed by atoms with Gasteiger partial charge >= 0.3 is 0 Å². The van der Waals surface area contributed by atoms with E-state index in [2.05, 4.69) is 48.7 Å². The lowest BCUT2D eigenvalue weighted by atomic mass is 10.0. The molecule has 3 N–H and O–H groups in total. The van der Waals surface area contributed by atoms with Crippen molar-refractivity contribution >= 4 is 27.5 Å². The predicted octanol–water partition coefficient (Wildman–Crippen LogP) is 4.99. The van der Waals surface area contributed by atoms with Gasteiger partial charge in [-0.05, 0) is 66.4 Å². The van der Waals surface area contributed by atoms with Crippen LogP contribution in [-0.2, 0) is 0 Å². The second-order valence-electron chi connectivity index (χ2n) is 8.22. The normalized spacial score (nSPS) is 14.2. The van der Waals surface area contributed by atoms with Crippen molar-refractivity contribution in [1.82, 2.24) is 30.5 Å². The fraction of sp³-hybridized carbons (Fsp3) is 0.160. The van der Waals surface area contributed by atoms with E-state index < -0.39 is 0 Å². The summed E-state index contributed by atoms with van der Waals surface area (Å²) in [5, 5.41) is 12.9. The number of benzene rings is 1. The zero-order valence-electron chi connectivity index (χ0n) is 17.5. The highest BCUT2D eigenvalue weighted by atomic mass is 19.1. The topological polar surface area (TPSA) is 82.3 Å². The van der Waals surface area contributed by atoms with Crippen molar-refractivity contribution in [3.05, 3.63) is 71.9 Å². The Balaban J connectivity index is 1.49. The van der Waals surface area contributed by atoms with Crippen molar-refractivity contribution in [2.24, 2.45) is 0 Å². The molecule has 6 nitrogen and oxygen atoms in total. The Morgan fingerprint density at radius 1 is 0.969 bits per heavy atom. The molecule has 6 rings (SSSR count). The van der Waals surface area contributed by atoms with E-state index in [0.29, 0.717) is 0 Å². The van der Waals surface area contributed by atoms with E-state index in [0.717, 1.165) is 75.1 Å². The third-order valence-electron chi connectivity index (χ3n) is 6.00. The second-order valence-corrected chi connectivity index (χ2v) is 8.22.